The van der Waals surface area contributed by atoms with Crippen LogP contribution >= 0.6 is 0 Å². The number of hydrogen-bond acceptors (Lipinski definition) is 6. The summed E-state index contributed by atoms with van der Waals surface area (Å²) in [4.78, 5) is 38.2. The van der Waals surface area contributed by atoms with Crippen LogP contribution in [0.5, 0.6) is 0 Å². The molecule has 0 aromatic carbocycles. The highest BCUT2D eigenvalue weighted by atomic mass is 16.6. The van der Waals surface area contributed by atoms with Crippen molar-refractivity contribution >= 4 is 17.9 Å². The van der Waals surface area contributed by atoms with Gasteiger partial charge in [-0.3, -0.25) is 14.4 Å². The van der Waals surface area contributed by atoms with Crippen molar-refractivity contribution in [3.05, 3.63) is 72.9 Å². The Morgan fingerprint density at radius 3 is 0.829 bits per heavy atom. The molecule has 0 aliphatic heterocycles. The summed E-state index contributed by atoms with van der Waals surface area (Å²) in [5, 5.41) is 0. The standard InChI is InChI=1S/C64H112O6/c1-4-7-10-13-16-19-22-25-27-29-30-31-32-33-34-35-37-39-42-45-48-51-54-57-63(66)69-60-61(59-68-62(65)56-53-50-47-44-41-38-24-21-18-15-12-9-6-3)70-64(67)58-55-52-49-46-43-40-36-28-26-23-20-17-14-11-8-5-2/h20-25,28-30,32-33,36,61H,4-19,26-27,31,34-35,37-60H2,1-3H3/b23-20-,24-21-,25-22-,30-29-,33-32-,36-28-. The summed E-state index contributed by atoms with van der Waals surface area (Å²) in [5.74, 6) is -0.908. The van der Waals surface area contributed by atoms with Gasteiger partial charge in [0.25, 0.3) is 0 Å². The fourth-order valence-electron chi connectivity index (χ4n) is 8.36. The topological polar surface area (TPSA) is 78.9 Å². The molecule has 0 rings (SSSR count). The van der Waals surface area contributed by atoms with Crippen molar-refractivity contribution in [3.8, 4) is 0 Å². The quantitative estimate of drug-likeness (QED) is 0.0261. The Kier molecular flexibility index (Phi) is 55.8. The molecule has 0 heterocycles. The molecule has 0 saturated carbocycles. The molecule has 0 amide bonds. The highest BCUT2D eigenvalue weighted by Gasteiger charge is 2.19. The summed E-state index contributed by atoms with van der Waals surface area (Å²) in [5.41, 5.74) is 0. The maximum absolute atomic E-state index is 12.9. The van der Waals surface area contributed by atoms with E-state index in [9.17, 15) is 14.4 Å². The van der Waals surface area contributed by atoms with E-state index in [2.05, 4.69) is 93.7 Å². The smallest absolute Gasteiger partial charge is 0.306 e. The van der Waals surface area contributed by atoms with Crippen molar-refractivity contribution in [1.29, 1.82) is 0 Å². The van der Waals surface area contributed by atoms with Gasteiger partial charge in [-0.15, -0.1) is 0 Å². The zero-order valence-corrected chi connectivity index (χ0v) is 46.3. The molecule has 70 heavy (non-hydrogen) atoms. The van der Waals surface area contributed by atoms with Gasteiger partial charge in [-0.2, -0.15) is 0 Å². The molecule has 0 aromatic rings. The van der Waals surface area contributed by atoms with Gasteiger partial charge in [0.05, 0.1) is 0 Å². The summed E-state index contributed by atoms with van der Waals surface area (Å²) in [7, 11) is 0. The van der Waals surface area contributed by atoms with Crippen LogP contribution in [0, 0.1) is 0 Å². The Morgan fingerprint density at radius 2 is 0.514 bits per heavy atom. The number of carbonyl (C=O) groups is 3. The van der Waals surface area contributed by atoms with Gasteiger partial charge < -0.3 is 14.2 Å². The Bertz CT molecular complexity index is 1310. The highest BCUT2D eigenvalue weighted by Crippen LogP contribution is 2.15. The van der Waals surface area contributed by atoms with E-state index in [1.165, 1.54) is 148 Å². The van der Waals surface area contributed by atoms with Crippen molar-refractivity contribution in [2.45, 2.75) is 303 Å². The van der Waals surface area contributed by atoms with Crippen LogP contribution in [0.15, 0.2) is 72.9 Å². The number of carbonyl (C=O) groups excluding carboxylic acids is 3. The Balaban J connectivity index is 4.36. The number of ether oxygens (including phenoxy) is 3. The van der Waals surface area contributed by atoms with E-state index in [1.807, 2.05) is 0 Å². The SMILES string of the molecule is CCCCCC/C=C\C/C=C\CCCCCCCC(=O)OC(COC(=O)CCCCCCC/C=C\CCCCCC)COC(=O)CCCCCCCCCC/C=C\C/C=C\C/C=C\CCCCCCC. The van der Waals surface area contributed by atoms with Gasteiger partial charge in [-0.1, -0.05) is 235 Å². The first kappa shape index (κ1) is 66.9. The van der Waals surface area contributed by atoms with Crippen molar-refractivity contribution in [1.82, 2.24) is 0 Å². The lowest BCUT2D eigenvalue weighted by atomic mass is 10.1. The number of unbranched alkanes of at least 4 members (excludes halogenated alkanes) is 31. The molecule has 1 unspecified atom stereocenters. The minimum absolute atomic E-state index is 0.0872. The molecule has 0 aliphatic rings. The third-order valence-electron chi connectivity index (χ3n) is 12.9. The molecule has 1 atom stereocenters. The highest BCUT2D eigenvalue weighted by molar-refractivity contribution is 5.71. The lowest BCUT2D eigenvalue weighted by Crippen LogP contribution is -2.30. The summed E-state index contributed by atoms with van der Waals surface area (Å²) in [6, 6.07) is 0. The maximum Gasteiger partial charge on any atom is 0.306 e. The van der Waals surface area contributed by atoms with Crippen LogP contribution < -0.4 is 0 Å². The van der Waals surface area contributed by atoms with E-state index in [0.717, 1.165) is 109 Å². The maximum atomic E-state index is 12.9. The van der Waals surface area contributed by atoms with Gasteiger partial charge >= 0.3 is 17.9 Å². The number of rotatable bonds is 54. The van der Waals surface area contributed by atoms with Crippen LogP contribution in [0.4, 0.5) is 0 Å². The Hall–Kier alpha value is -3.15. The molecule has 0 aliphatic carbocycles. The second-order valence-corrected chi connectivity index (χ2v) is 19.9. The van der Waals surface area contributed by atoms with Crippen LogP contribution in [0.25, 0.3) is 0 Å². The van der Waals surface area contributed by atoms with Crippen molar-refractivity contribution in [3.63, 3.8) is 0 Å². The molecule has 404 valence electrons. The lowest BCUT2D eigenvalue weighted by molar-refractivity contribution is -0.167. The van der Waals surface area contributed by atoms with Gasteiger partial charge in [0.2, 0.25) is 0 Å². The Morgan fingerprint density at radius 1 is 0.286 bits per heavy atom. The molecule has 0 radical (unpaired) electrons. The second-order valence-electron chi connectivity index (χ2n) is 19.9. The van der Waals surface area contributed by atoms with E-state index in [-0.39, 0.29) is 31.1 Å². The lowest BCUT2D eigenvalue weighted by Gasteiger charge is -2.18. The number of allylic oxidation sites excluding steroid dienone is 12. The third-order valence-corrected chi connectivity index (χ3v) is 12.9. The molecule has 6 heteroatoms. The number of hydrogen-bond donors (Lipinski definition) is 0. The zero-order chi connectivity index (χ0) is 50.7. The summed E-state index contributed by atoms with van der Waals surface area (Å²) < 4.78 is 16.9. The van der Waals surface area contributed by atoms with Crippen LogP contribution in [-0.4, -0.2) is 37.2 Å². The summed E-state index contributed by atoms with van der Waals surface area (Å²) >= 11 is 0. The van der Waals surface area contributed by atoms with Crippen molar-refractivity contribution < 1.29 is 28.6 Å². The van der Waals surface area contributed by atoms with Crippen LogP contribution in [0.3, 0.4) is 0 Å². The fourth-order valence-corrected chi connectivity index (χ4v) is 8.36. The average molecular weight is 978 g/mol. The molecule has 0 saturated heterocycles. The normalized spacial score (nSPS) is 12.6. The predicted molar refractivity (Wildman–Crippen MR) is 302 cm³/mol. The van der Waals surface area contributed by atoms with Gasteiger partial charge in [-0.05, 0) is 116 Å². The molecular formula is C64H112O6. The summed E-state index contributed by atoms with van der Waals surface area (Å²) in [6.45, 7) is 6.59. The predicted octanol–water partition coefficient (Wildman–Crippen LogP) is 20.2. The second kappa shape index (κ2) is 58.4. The first-order chi connectivity index (χ1) is 34.5. The Labute approximate surface area is 433 Å². The molecule has 0 aromatic heterocycles. The van der Waals surface area contributed by atoms with Crippen LogP contribution in [0.1, 0.15) is 297 Å². The first-order valence-electron chi connectivity index (χ1n) is 29.9. The fraction of sp³-hybridized carbons (Fsp3) is 0.766. The number of esters is 3. The van der Waals surface area contributed by atoms with E-state index < -0.39 is 6.10 Å². The minimum atomic E-state index is -0.790. The molecule has 0 fully saturated rings. The molecule has 0 spiro atoms. The minimum Gasteiger partial charge on any atom is -0.462 e. The summed E-state index contributed by atoms with van der Waals surface area (Å²) in [6.07, 6.45) is 74.6. The monoisotopic (exact) mass is 977 g/mol. The van der Waals surface area contributed by atoms with E-state index >= 15 is 0 Å². The van der Waals surface area contributed by atoms with Crippen LogP contribution in [0.2, 0.25) is 0 Å². The third kappa shape index (κ3) is 55.8. The first-order valence-corrected chi connectivity index (χ1v) is 29.9. The van der Waals surface area contributed by atoms with Gasteiger partial charge in [0.1, 0.15) is 13.2 Å². The largest absolute Gasteiger partial charge is 0.462 e. The average Bonchev–Trinajstić information content (AvgIpc) is 3.36. The van der Waals surface area contributed by atoms with E-state index in [0.29, 0.717) is 19.3 Å². The van der Waals surface area contributed by atoms with E-state index in [1.54, 1.807) is 0 Å². The zero-order valence-electron chi connectivity index (χ0n) is 46.3. The van der Waals surface area contributed by atoms with Crippen molar-refractivity contribution in [2.24, 2.45) is 0 Å². The van der Waals surface area contributed by atoms with Gasteiger partial charge in [-0.25, -0.2) is 0 Å². The van der Waals surface area contributed by atoms with Crippen molar-refractivity contribution in [2.75, 3.05) is 13.2 Å². The van der Waals surface area contributed by atoms with Gasteiger partial charge in [0.15, 0.2) is 6.10 Å². The van der Waals surface area contributed by atoms with Gasteiger partial charge in [0, 0.05) is 19.3 Å². The molecule has 0 bridgehead atoms. The molecular weight excluding hydrogens is 865 g/mol. The van der Waals surface area contributed by atoms with E-state index in [4.69, 9.17) is 14.2 Å². The van der Waals surface area contributed by atoms with Crippen LogP contribution in [-0.2, 0) is 28.6 Å². The molecule has 6 nitrogen and oxygen atoms in total. The molecule has 0 N–H and O–H groups in total.